The maximum atomic E-state index is 12.1. The van der Waals surface area contributed by atoms with Gasteiger partial charge in [0.1, 0.15) is 0 Å². The first-order chi connectivity index (χ1) is 10.7. The number of hydrogen-bond acceptors (Lipinski definition) is 1. The van der Waals surface area contributed by atoms with Crippen molar-refractivity contribution in [2.45, 2.75) is 25.2 Å². The quantitative estimate of drug-likeness (QED) is 0.678. The topological polar surface area (TPSA) is 33.0 Å². The average Bonchev–Trinajstić information content (AvgIpc) is 2.57. The van der Waals surface area contributed by atoms with Gasteiger partial charge in [0.2, 0.25) is 0 Å². The summed E-state index contributed by atoms with van der Waals surface area (Å²) in [6.07, 6.45) is 11.7. The molecular weight excluding hydrogens is 296 g/mol. The smallest absolute Gasteiger partial charge is 0.264 e. The van der Waals surface area contributed by atoms with Gasteiger partial charge in [0.05, 0.1) is 0 Å². The lowest BCUT2D eigenvalue weighted by Crippen LogP contribution is -2.47. The molecule has 1 N–H and O–H groups in total. The number of hydrogen-bond donors (Lipinski definition) is 1. The summed E-state index contributed by atoms with van der Waals surface area (Å²) in [5, 5.41) is 0.620. The van der Waals surface area contributed by atoms with Crippen LogP contribution in [0.5, 0.6) is 0 Å². The van der Waals surface area contributed by atoms with Crippen LogP contribution < -0.4 is 10.1 Å². The van der Waals surface area contributed by atoms with Crippen molar-refractivity contribution in [1.82, 2.24) is 0 Å². The molecule has 1 aliphatic rings. The molecule has 0 spiro atoms. The molecule has 0 saturated carbocycles. The van der Waals surface area contributed by atoms with Crippen LogP contribution in [0.1, 0.15) is 41.1 Å². The van der Waals surface area contributed by atoms with E-state index in [9.17, 15) is 4.79 Å². The Morgan fingerprint density at radius 1 is 1.09 bits per heavy atom. The van der Waals surface area contributed by atoms with E-state index in [1.165, 1.54) is 12.0 Å². The number of amides is 1. The molecule has 1 atom stereocenters. The molecular formula is C18H18ClN2O+. The van der Waals surface area contributed by atoms with Crippen LogP contribution in [-0.4, -0.2) is 5.91 Å². The van der Waals surface area contributed by atoms with Crippen LogP contribution in [0.25, 0.3) is 0 Å². The van der Waals surface area contributed by atoms with Crippen molar-refractivity contribution >= 4 is 17.5 Å². The largest absolute Gasteiger partial charge is 0.305 e. The maximum Gasteiger partial charge on any atom is 0.305 e. The van der Waals surface area contributed by atoms with Crippen molar-refractivity contribution in [2.24, 2.45) is 0 Å². The van der Waals surface area contributed by atoms with Gasteiger partial charge in [-0.2, -0.15) is 0 Å². The Hall–Kier alpha value is -2.13. The van der Waals surface area contributed by atoms with E-state index in [0.717, 1.165) is 12.8 Å². The van der Waals surface area contributed by atoms with Gasteiger partial charge >= 0.3 is 5.91 Å². The molecule has 1 amide bonds. The Labute approximate surface area is 135 Å². The number of nitrogens with zero attached hydrogens (tertiary/aromatic N) is 1. The van der Waals surface area contributed by atoms with E-state index in [0.29, 0.717) is 16.5 Å². The Morgan fingerprint density at radius 3 is 2.45 bits per heavy atom. The summed E-state index contributed by atoms with van der Waals surface area (Å²) in [6.45, 7) is 0. The highest BCUT2D eigenvalue weighted by atomic mass is 35.5. The van der Waals surface area contributed by atoms with Gasteiger partial charge in [-0.3, -0.25) is 4.79 Å². The second kappa shape index (κ2) is 6.75. The van der Waals surface area contributed by atoms with Crippen LogP contribution in [0.2, 0.25) is 5.02 Å². The molecule has 0 saturated heterocycles. The predicted octanol–water partition coefficient (Wildman–Crippen LogP) is 3.84. The molecule has 112 valence electrons. The highest BCUT2D eigenvalue weighted by Crippen LogP contribution is 2.28. The lowest BCUT2D eigenvalue weighted by Gasteiger charge is -2.17. The number of carbonyl (C=O) groups excluding carboxylic acids is 1. The Balaban J connectivity index is 1.66. The minimum Gasteiger partial charge on any atom is -0.264 e. The third-order valence-corrected chi connectivity index (χ3v) is 4.18. The molecule has 1 aromatic heterocycles. The first-order valence-corrected chi connectivity index (χ1v) is 7.83. The van der Waals surface area contributed by atoms with E-state index in [-0.39, 0.29) is 5.91 Å². The van der Waals surface area contributed by atoms with E-state index in [4.69, 9.17) is 11.6 Å². The zero-order valence-corrected chi connectivity index (χ0v) is 13.0. The SMILES string of the molecule is O=C(N[n+]1ccc(C2CC=CCC2)cc1)c1ccc(Cl)cc1. The van der Waals surface area contributed by atoms with Crippen molar-refractivity contribution in [3.8, 4) is 0 Å². The van der Waals surface area contributed by atoms with E-state index in [1.807, 2.05) is 12.4 Å². The second-order valence-corrected chi connectivity index (χ2v) is 5.90. The molecule has 3 rings (SSSR count). The van der Waals surface area contributed by atoms with Crippen LogP contribution in [0.15, 0.2) is 60.9 Å². The van der Waals surface area contributed by atoms with E-state index < -0.39 is 0 Å². The maximum absolute atomic E-state index is 12.1. The van der Waals surface area contributed by atoms with Crippen LogP contribution >= 0.6 is 11.6 Å². The van der Waals surface area contributed by atoms with Crippen molar-refractivity contribution in [1.29, 1.82) is 0 Å². The Bertz CT molecular complexity index is 677. The summed E-state index contributed by atoms with van der Waals surface area (Å²) in [5.41, 5.74) is 4.73. The minimum atomic E-state index is -0.157. The van der Waals surface area contributed by atoms with Crippen molar-refractivity contribution in [3.63, 3.8) is 0 Å². The van der Waals surface area contributed by atoms with E-state index in [1.54, 1.807) is 28.9 Å². The molecule has 1 aliphatic carbocycles. The summed E-state index contributed by atoms with van der Waals surface area (Å²) in [4.78, 5) is 12.1. The number of nitrogens with one attached hydrogen (secondary N) is 1. The van der Waals surface area contributed by atoms with Gasteiger partial charge < -0.3 is 0 Å². The molecule has 0 radical (unpaired) electrons. The third kappa shape index (κ3) is 3.55. The van der Waals surface area contributed by atoms with Gasteiger partial charge in [-0.1, -0.05) is 28.4 Å². The number of carbonyl (C=O) groups is 1. The lowest BCUT2D eigenvalue weighted by atomic mass is 9.88. The number of halogens is 1. The van der Waals surface area contributed by atoms with E-state index in [2.05, 4.69) is 29.7 Å². The minimum absolute atomic E-state index is 0.157. The van der Waals surface area contributed by atoms with Crippen LogP contribution in [0.4, 0.5) is 0 Å². The summed E-state index contributed by atoms with van der Waals surface area (Å²) < 4.78 is 1.68. The fourth-order valence-electron chi connectivity index (χ4n) is 2.66. The summed E-state index contributed by atoms with van der Waals surface area (Å²) in [5.74, 6) is 0.432. The molecule has 4 heteroatoms. The van der Waals surface area contributed by atoms with Gasteiger partial charge in [0.25, 0.3) is 0 Å². The fourth-order valence-corrected chi connectivity index (χ4v) is 2.79. The zero-order chi connectivity index (χ0) is 15.4. The predicted molar refractivity (Wildman–Crippen MR) is 87.5 cm³/mol. The average molecular weight is 314 g/mol. The molecule has 22 heavy (non-hydrogen) atoms. The standard InChI is InChI=1S/C18H17ClN2O/c19-17-8-6-16(7-9-17)18(22)20-21-12-10-15(11-13-21)14-4-2-1-3-5-14/h1-2,6-14H,3-5H2/p+1. The summed E-state index contributed by atoms with van der Waals surface area (Å²) in [7, 11) is 0. The van der Waals surface area contributed by atoms with Gasteiger partial charge in [-0.05, 0) is 55.0 Å². The van der Waals surface area contributed by atoms with Gasteiger partial charge in [0.15, 0.2) is 12.4 Å². The summed E-state index contributed by atoms with van der Waals surface area (Å²) >= 11 is 5.83. The van der Waals surface area contributed by atoms with Gasteiger partial charge in [0, 0.05) is 22.7 Å². The monoisotopic (exact) mass is 313 g/mol. The number of aromatic nitrogens is 1. The zero-order valence-electron chi connectivity index (χ0n) is 12.2. The van der Waals surface area contributed by atoms with Crippen LogP contribution in [-0.2, 0) is 0 Å². The molecule has 1 heterocycles. The normalized spacial score (nSPS) is 17.2. The van der Waals surface area contributed by atoms with Crippen LogP contribution in [0, 0.1) is 0 Å². The lowest BCUT2D eigenvalue weighted by molar-refractivity contribution is -0.641. The van der Waals surface area contributed by atoms with E-state index >= 15 is 0 Å². The molecule has 1 aromatic carbocycles. The molecule has 1 unspecified atom stereocenters. The second-order valence-electron chi connectivity index (χ2n) is 5.47. The highest BCUT2D eigenvalue weighted by Gasteiger charge is 2.15. The molecule has 2 aromatic rings. The van der Waals surface area contributed by atoms with Gasteiger partial charge in [-0.25, -0.2) is 0 Å². The first kappa shape index (κ1) is 14.8. The Kier molecular flexibility index (Phi) is 4.54. The first-order valence-electron chi connectivity index (χ1n) is 7.45. The van der Waals surface area contributed by atoms with Crippen LogP contribution in [0.3, 0.4) is 0 Å². The molecule has 0 aliphatic heterocycles. The molecule has 0 fully saturated rings. The number of allylic oxidation sites excluding steroid dienone is 2. The van der Waals surface area contributed by atoms with Gasteiger partial charge in [-0.15, -0.1) is 5.43 Å². The Morgan fingerprint density at radius 2 is 1.82 bits per heavy atom. The van der Waals surface area contributed by atoms with Crippen molar-refractivity contribution in [3.05, 3.63) is 77.1 Å². The molecule has 3 nitrogen and oxygen atoms in total. The summed E-state index contributed by atoms with van der Waals surface area (Å²) in [6, 6.07) is 11.0. The fraction of sp³-hybridized carbons (Fsp3) is 0.222. The third-order valence-electron chi connectivity index (χ3n) is 3.93. The number of pyridine rings is 1. The highest BCUT2D eigenvalue weighted by molar-refractivity contribution is 6.30. The molecule has 0 bridgehead atoms. The van der Waals surface area contributed by atoms with Crippen molar-refractivity contribution in [2.75, 3.05) is 5.43 Å². The van der Waals surface area contributed by atoms with Crippen molar-refractivity contribution < 1.29 is 9.47 Å². The number of benzene rings is 1. The number of rotatable bonds is 3.